The SMILES string of the molecule is CN=C(NCCOc1c(C)cccc1C)N1CCOC(c2cnn(C)c2)C1.I. The second-order valence-electron chi connectivity index (χ2n) is 6.80. The third kappa shape index (κ3) is 5.60. The van der Waals surface area contributed by atoms with Gasteiger partial charge in [-0.25, -0.2) is 0 Å². The minimum Gasteiger partial charge on any atom is -0.491 e. The number of nitrogens with one attached hydrogen (secondary N) is 1. The van der Waals surface area contributed by atoms with Gasteiger partial charge in [-0.2, -0.15) is 5.10 Å². The molecule has 1 saturated heterocycles. The fourth-order valence-corrected chi connectivity index (χ4v) is 3.32. The lowest BCUT2D eigenvalue weighted by atomic mass is 10.1. The Hall–Kier alpha value is -1.81. The van der Waals surface area contributed by atoms with Crippen LogP contribution in [0.25, 0.3) is 0 Å². The molecule has 0 bridgehead atoms. The molecule has 28 heavy (non-hydrogen) atoms. The second kappa shape index (κ2) is 10.7. The van der Waals surface area contributed by atoms with Crippen molar-refractivity contribution in [1.82, 2.24) is 20.0 Å². The van der Waals surface area contributed by atoms with Crippen LogP contribution in [0.2, 0.25) is 0 Å². The molecule has 154 valence electrons. The summed E-state index contributed by atoms with van der Waals surface area (Å²) in [5.41, 5.74) is 3.41. The van der Waals surface area contributed by atoms with Gasteiger partial charge < -0.3 is 19.7 Å². The molecule has 1 aromatic heterocycles. The Morgan fingerprint density at radius 1 is 1.36 bits per heavy atom. The number of guanidine groups is 1. The van der Waals surface area contributed by atoms with Gasteiger partial charge in [0.2, 0.25) is 0 Å². The number of hydrogen-bond acceptors (Lipinski definition) is 4. The molecular formula is C20H30IN5O2. The Kier molecular flexibility index (Phi) is 8.56. The van der Waals surface area contributed by atoms with E-state index in [0.29, 0.717) is 19.8 Å². The summed E-state index contributed by atoms with van der Waals surface area (Å²) in [6, 6.07) is 6.19. The van der Waals surface area contributed by atoms with Crippen LogP contribution in [0, 0.1) is 13.8 Å². The number of para-hydroxylation sites is 1. The number of aryl methyl sites for hydroxylation is 3. The first-order chi connectivity index (χ1) is 13.1. The highest BCUT2D eigenvalue weighted by molar-refractivity contribution is 14.0. The number of aromatic nitrogens is 2. The molecule has 1 N–H and O–H groups in total. The van der Waals surface area contributed by atoms with E-state index in [1.54, 1.807) is 4.68 Å². The van der Waals surface area contributed by atoms with E-state index in [4.69, 9.17) is 9.47 Å². The average Bonchev–Trinajstić information content (AvgIpc) is 3.10. The minimum atomic E-state index is 0. The molecule has 3 rings (SSSR count). The summed E-state index contributed by atoms with van der Waals surface area (Å²) in [6.45, 7) is 7.65. The Morgan fingerprint density at radius 3 is 2.75 bits per heavy atom. The highest BCUT2D eigenvalue weighted by atomic mass is 127. The van der Waals surface area contributed by atoms with Gasteiger partial charge in [0.05, 0.1) is 25.9 Å². The van der Waals surface area contributed by atoms with Crippen molar-refractivity contribution in [3.8, 4) is 5.75 Å². The summed E-state index contributed by atoms with van der Waals surface area (Å²) in [5.74, 6) is 1.84. The Balaban J connectivity index is 0.00000280. The molecular weight excluding hydrogens is 469 g/mol. The van der Waals surface area contributed by atoms with Crippen LogP contribution in [0.4, 0.5) is 0 Å². The fraction of sp³-hybridized carbons (Fsp3) is 0.500. The molecule has 1 aromatic carbocycles. The van der Waals surface area contributed by atoms with Gasteiger partial charge in [-0.05, 0) is 25.0 Å². The molecule has 1 aliphatic rings. The van der Waals surface area contributed by atoms with Gasteiger partial charge in [0, 0.05) is 32.4 Å². The van der Waals surface area contributed by atoms with Crippen LogP contribution < -0.4 is 10.1 Å². The third-order valence-electron chi connectivity index (χ3n) is 4.71. The maximum atomic E-state index is 5.97. The summed E-state index contributed by atoms with van der Waals surface area (Å²) >= 11 is 0. The summed E-state index contributed by atoms with van der Waals surface area (Å²) in [4.78, 5) is 6.65. The van der Waals surface area contributed by atoms with Crippen LogP contribution in [0.5, 0.6) is 5.75 Å². The lowest BCUT2D eigenvalue weighted by Crippen LogP contribution is -2.48. The molecule has 0 saturated carbocycles. The number of nitrogens with zero attached hydrogens (tertiary/aromatic N) is 4. The molecule has 1 atom stereocenters. The topological polar surface area (TPSA) is 63.9 Å². The van der Waals surface area contributed by atoms with Crippen LogP contribution in [-0.2, 0) is 11.8 Å². The van der Waals surface area contributed by atoms with Crippen molar-refractivity contribution in [2.45, 2.75) is 20.0 Å². The number of hydrogen-bond donors (Lipinski definition) is 1. The summed E-state index contributed by atoms with van der Waals surface area (Å²) < 4.78 is 13.7. The zero-order chi connectivity index (χ0) is 19.2. The van der Waals surface area contributed by atoms with Crippen LogP contribution in [0.3, 0.4) is 0 Å². The number of rotatable bonds is 5. The Bertz CT molecular complexity index is 772. The molecule has 0 amide bonds. The van der Waals surface area contributed by atoms with Gasteiger partial charge in [-0.3, -0.25) is 9.67 Å². The smallest absolute Gasteiger partial charge is 0.193 e. The normalized spacial score (nSPS) is 17.2. The molecule has 0 aliphatic carbocycles. The van der Waals surface area contributed by atoms with E-state index in [2.05, 4.69) is 52.4 Å². The highest BCUT2D eigenvalue weighted by Crippen LogP contribution is 2.22. The quantitative estimate of drug-likeness (QED) is 0.297. The predicted octanol–water partition coefficient (Wildman–Crippen LogP) is 2.68. The van der Waals surface area contributed by atoms with Crippen molar-refractivity contribution in [3.63, 3.8) is 0 Å². The Labute approximate surface area is 184 Å². The van der Waals surface area contributed by atoms with Crippen molar-refractivity contribution >= 4 is 29.9 Å². The van der Waals surface area contributed by atoms with Crippen molar-refractivity contribution in [2.75, 3.05) is 39.9 Å². The van der Waals surface area contributed by atoms with E-state index in [1.165, 1.54) is 0 Å². The van der Waals surface area contributed by atoms with E-state index in [1.807, 2.05) is 26.5 Å². The fourth-order valence-electron chi connectivity index (χ4n) is 3.32. The van der Waals surface area contributed by atoms with Crippen LogP contribution in [-0.4, -0.2) is 60.5 Å². The first-order valence-electron chi connectivity index (χ1n) is 9.33. The second-order valence-corrected chi connectivity index (χ2v) is 6.80. The number of ether oxygens (including phenoxy) is 2. The number of aliphatic imine (C=N–C) groups is 1. The van der Waals surface area contributed by atoms with E-state index in [-0.39, 0.29) is 30.1 Å². The molecule has 1 fully saturated rings. The summed E-state index contributed by atoms with van der Waals surface area (Å²) in [7, 11) is 3.73. The molecule has 0 radical (unpaired) electrons. The monoisotopic (exact) mass is 499 g/mol. The molecule has 8 heteroatoms. The van der Waals surface area contributed by atoms with Crippen molar-refractivity contribution in [3.05, 3.63) is 47.3 Å². The summed E-state index contributed by atoms with van der Waals surface area (Å²) in [6.07, 6.45) is 3.88. The molecule has 7 nitrogen and oxygen atoms in total. The van der Waals surface area contributed by atoms with Gasteiger partial charge in [0.1, 0.15) is 18.5 Å². The average molecular weight is 499 g/mol. The number of halogens is 1. The number of morpholine rings is 1. The minimum absolute atomic E-state index is 0. The zero-order valence-corrected chi connectivity index (χ0v) is 19.3. The molecule has 1 unspecified atom stereocenters. The maximum Gasteiger partial charge on any atom is 0.193 e. The van der Waals surface area contributed by atoms with Crippen molar-refractivity contribution in [2.24, 2.45) is 12.0 Å². The first-order valence-corrected chi connectivity index (χ1v) is 9.33. The van der Waals surface area contributed by atoms with Gasteiger partial charge in [0.25, 0.3) is 0 Å². The van der Waals surface area contributed by atoms with Gasteiger partial charge in [0.15, 0.2) is 5.96 Å². The first kappa shape index (κ1) is 22.5. The zero-order valence-electron chi connectivity index (χ0n) is 17.0. The lowest BCUT2D eigenvalue weighted by Gasteiger charge is -2.34. The lowest BCUT2D eigenvalue weighted by molar-refractivity contribution is -0.00805. The van der Waals surface area contributed by atoms with Crippen molar-refractivity contribution in [1.29, 1.82) is 0 Å². The largest absolute Gasteiger partial charge is 0.491 e. The van der Waals surface area contributed by atoms with Crippen molar-refractivity contribution < 1.29 is 9.47 Å². The van der Waals surface area contributed by atoms with Gasteiger partial charge in [-0.15, -0.1) is 24.0 Å². The molecule has 0 spiro atoms. The molecule has 2 heterocycles. The Morgan fingerprint density at radius 2 is 2.11 bits per heavy atom. The van der Waals surface area contributed by atoms with E-state index >= 15 is 0 Å². The highest BCUT2D eigenvalue weighted by Gasteiger charge is 2.25. The third-order valence-corrected chi connectivity index (χ3v) is 4.71. The summed E-state index contributed by atoms with van der Waals surface area (Å²) in [5, 5.41) is 7.64. The van der Waals surface area contributed by atoms with E-state index in [0.717, 1.165) is 41.5 Å². The van der Waals surface area contributed by atoms with E-state index < -0.39 is 0 Å². The van der Waals surface area contributed by atoms with E-state index in [9.17, 15) is 0 Å². The number of benzene rings is 1. The van der Waals surface area contributed by atoms with Crippen LogP contribution in [0.1, 0.15) is 22.8 Å². The van der Waals surface area contributed by atoms with Crippen LogP contribution in [0.15, 0.2) is 35.6 Å². The van der Waals surface area contributed by atoms with Crippen LogP contribution >= 0.6 is 24.0 Å². The standard InChI is InChI=1S/C20H29N5O2.HI/c1-15-6-5-7-16(2)19(15)27-10-8-22-20(21-3)25-9-11-26-18(14-25)17-12-23-24(4)13-17;/h5-7,12-13,18H,8-11,14H2,1-4H3,(H,21,22);1H. The molecule has 2 aromatic rings. The maximum absolute atomic E-state index is 5.97. The van der Waals surface area contributed by atoms with Gasteiger partial charge in [-0.1, -0.05) is 18.2 Å². The molecule has 1 aliphatic heterocycles. The van der Waals surface area contributed by atoms with Gasteiger partial charge >= 0.3 is 0 Å². The predicted molar refractivity (Wildman–Crippen MR) is 122 cm³/mol.